The highest BCUT2D eigenvalue weighted by Gasteiger charge is 2.33. The van der Waals surface area contributed by atoms with E-state index in [4.69, 9.17) is 0 Å². The van der Waals surface area contributed by atoms with E-state index in [1.165, 1.54) is 11.8 Å². The lowest BCUT2D eigenvalue weighted by Gasteiger charge is -2.21. The summed E-state index contributed by atoms with van der Waals surface area (Å²) >= 11 is 1.39. The van der Waals surface area contributed by atoms with Crippen LogP contribution in [0.3, 0.4) is 0 Å². The highest BCUT2D eigenvalue weighted by atomic mass is 32.2. The predicted octanol–water partition coefficient (Wildman–Crippen LogP) is 3.37. The zero-order chi connectivity index (χ0) is 21.5. The molecule has 0 saturated carbocycles. The maximum atomic E-state index is 12.6. The zero-order valence-corrected chi connectivity index (χ0v) is 18.5. The van der Waals surface area contributed by atoms with Crippen LogP contribution in [0.5, 0.6) is 0 Å². The fourth-order valence-electron chi connectivity index (χ4n) is 3.67. The van der Waals surface area contributed by atoms with E-state index in [1.807, 2.05) is 4.90 Å². The van der Waals surface area contributed by atoms with Gasteiger partial charge in [-0.15, -0.1) is 0 Å². The minimum atomic E-state index is -0.460. The minimum absolute atomic E-state index is 0.0103. The van der Waals surface area contributed by atoms with Gasteiger partial charge >= 0.3 is 0 Å². The molecule has 2 heterocycles. The first-order valence-corrected chi connectivity index (χ1v) is 11.6. The van der Waals surface area contributed by atoms with E-state index in [-0.39, 0.29) is 24.1 Å². The standard InChI is InChI=1S/C22H30N4O3S/c1-3-11-25(12-4-2)21(29)16-7-9-17(10-8-16)23-19(27)15-18-20(28)24-22(30-18)26-13-5-6-14-26/h7-10,18H,3-6,11-15H2,1-2H3,(H,23,27)/t18-/m1/s1. The highest BCUT2D eigenvalue weighted by molar-refractivity contribution is 8.15. The Balaban J connectivity index is 1.52. The summed E-state index contributed by atoms with van der Waals surface area (Å²) in [5.41, 5.74) is 1.23. The van der Waals surface area contributed by atoms with Crippen LogP contribution >= 0.6 is 11.8 Å². The van der Waals surface area contributed by atoms with Crippen LogP contribution < -0.4 is 5.32 Å². The fourth-order valence-corrected chi connectivity index (χ4v) is 4.78. The van der Waals surface area contributed by atoms with Gasteiger partial charge in [-0.3, -0.25) is 14.4 Å². The molecule has 162 valence electrons. The Bertz CT molecular complexity index is 797. The Labute approximate surface area is 182 Å². The first kappa shape index (κ1) is 22.3. The lowest BCUT2D eigenvalue weighted by Crippen LogP contribution is -2.32. The molecule has 2 aliphatic heterocycles. The van der Waals surface area contributed by atoms with Crippen LogP contribution in [-0.2, 0) is 9.59 Å². The summed E-state index contributed by atoms with van der Waals surface area (Å²) in [7, 11) is 0. The van der Waals surface area contributed by atoms with E-state index >= 15 is 0 Å². The van der Waals surface area contributed by atoms with Crippen molar-refractivity contribution in [2.24, 2.45) is 4.99 Å². The SMILES string of the molecule is CCCN(CCC)C(=O)c1ccc(NC(=O)C[C@H]2SC(N3CCCC3)=NC2=O)cc1. The third-order valence-corrected chi connectivity index (χ3v) is 6.38. The van der Waals surface area contributed by atoms with Gasteiger partial charge in [0.1, 0.15) is 5.25 Å². The van der Waals surface area contributed by atoms with E-state index in [1.54, 1.807) is 24.3 Å². The van der Waals surface area contributed by atoms with E-state index < -0.39 is 5.25 Å². The second kappa shape index (κ2) is 10.6. The Morgan fingerprint density at radius 3 is 2.37 bits per heavy atom. The van der Waals surface area contributed by atoms with Crippen LogP contribution in [0.1, 0.15) is 56.3 Å². The van der Waals surface area contributed by atoms with Crippen molar-refractivity contribution in [1.82, 2.24) is 9.80 Å². The van der Waals surface area contributed by atoms with Crippen molar-refractivity contribution in [3.8, 4) is 0 Å². The van der Waals surface area contributed by atoms with Crippen LogP contribution in [0.15, 0.2) is 29.3 Å². The van der Waals surface area contributed by atoms with Crippen LogP contribution in [0.2, 0.25) is 0 Å². The number of nitrogens with zero attached hydrogens (tertiary/aromatic N) is 3. The number of thioether (sulfide) groups is 1. The number of hydrogen-bond donors (Lipinski definition) is 1. The van der Waals surface area contributed by atoms with E-state index in [2.05, 4.69) is 29.1 Å². The molecular weight excluding hydrogens is 400 g/mol. The van der Waals surface area contributed by atoms with Gasteiger partial charge in [-0.2, -0.15) is 4.99 Å². The van der Waals surface area contributed by atoms with Crippen LogP contribution in [-0.4, -0.2) is 64.1 Å². The van der Waals surface area contributed by atoms with Gasteiger partial charge in [-0.1, -0.05) is 25.6 Å². The summed E-state index contributed by atoms with van der Waals surface area (Å²) in [6.45, 7) is 7.44. The van der Waals surface area contributed by atoms with Gasteiger partial charge in [0.15, 0.2) is 5.17 Å². The van der Waals surface area contributed by atoms with Crippen molar-refractivity contribution in [2.75, 3.05) is 31.5 Å². The number of carbonyl (C=O) groups excluding carboxylic acids is 3. The lowest BCUT2D eigenvalue weighted by atomic mass is 10.1. The van der Waals surface area contributed by atoms with Crippen LogP contribution in [0.25, 0.3) is 0 Å². The van der Waals surface area contributed by atoms with Gasteiger partial charge in [0.25, 0.3) is 11.8 Å². The number of anilines is 1. The molecular formula is C22H30N4O3S. The van der Waals surface area contributed by atoms with Gasteiger partial charge in [0.2, 0.25) is 5.91 Å². The van der Waals surface area contributed by atoms with Gasteiger partial charge < -0.3 is 15.1 Å². The number of nitrogens with one attached hydrogen (secondary N) is 1. The first-order valence-electron chi connectivity index (χ1n) is 10.7. The Kier molecular flexibility index (Phi) is 7.90. The van der Waals surface area contributed by atoms with Crippen LogP contribution in [0.4, 0.5) is 5.69 Å². The predicted molar refractivity (Wildman–Crippen MR) is 121 cm³/mol. The fraction of sp³-hybridized carbons (Fsp3) is 0.545. The van der Waals surface area contributed by atoms with Crippen molar-refractivity contribution < 1.29 is 14.4 Å². The number of benzene rings is 1. The summed E-state index contributed by atoms with van der Waals surface area (Å²) in [4.78, 5) is 45.3. The average Bonchev–Trinajstić information content (AvgIpc) is 3.38. The molecule has 0 spiro atoms. The Morgan fingerprint density at radius 2 is 1.77 bits per heavy atom. The zero-order valence-electron chi connectivity index (χ0n) is 17.7. The Morgan fingerprint density at radius 1 is 1.13 bits per heavy atom. The number of rotatable bonds is 8. The molecule has 2 aliphatic rings. The Hall–Kier alpha value is -2.35. The summed E-state index contributed by atoms with van der Waals surface area (Å²) < 4.78 is 0. The molecule has 0 bridgehead atoms. The molecule has 0 aromatic heterocycles. The van der Waals surface area contributed by atoms with Gasteiger partial charge in [0, 0.05) is 43.9 Å². The number of amides is 3. The molecule has 3 amide bonds. The average molecular weight is 431 g/mol. The third kappa shape index (κ3) is 5.62. The van der Waals surface area contributed by atoms with E-state index in [9.17, 15) is 14.4 Å². The number of amidine groups is 1. The second-order valence-electron chi connectivity index (χ2n) is 7.66. The summed E-state index contributed by atoms with van der Waals surface area (Å²) in [5, 5.41) is 3.12. The molecule has 0 aliphatic carbocycles. The minimum Gasteiger partial charge on any atom is -0.351 e. The molecule has 30 heavy (non-hydrogen) atoms. The molecule has 7 nitrogen and oxygen atoms in total. The van der Waals surface area contributed by atoms with Crippen LogP contribution in [0, 0.1) is 0 Å². The second-order valence-corrected chi connectivity index (χ2v) is 8.83. The maximum Gasteiger partial charge on any atom is 0.262 e. The highest BCUT2D eigenvalue weighted by Crippen LogP contribution is 2.29. The first-order chi connectivity index (χ1) is 14.5. The van der Waals surface area contributed by atoms with Crippen molar-refractivity contribution in [1.29, 1.82) is 0 Å². The molecule has 8 heteroatoms. The van der Waals surface area contributed by atoms with Crippen molar-refractivity contribution in [3.63, 3.8) is 0 Å². The molecule has 1 aromatic carbocycles. The number of likely N-dealkylation sites (tertiary alicyclic amines) is 1. The van der Waals surface area contributed by atoms with Gasteiger partial charge in [-0.05, 0) is 49.9 Å². The van der Waals surface area contributed by atoms with Gasteiger partial charge in [-0.25, -0.2) is 0 Å². The number of aliphatic imine (C=N–C) groups is 1. The molecule has 1 aromatic rings. The monoisotopic (exact) mass is 430 g/mol. The topological polar surface area (TPSA) is 82.1 Å². The van der Waals surface area contributed by atoms with Crippen molar-refractivity contribution in [3.05, 3.63) is 29.8 Å². The largest absolute Gasteiger partial charge is 0.351 e. The van der Waals surface area contributed by atoms with Crippen molar-refractivity contribution >= 4 is 40.3 Å². The summed E-state index contributed by atoms with van der Waals surface area (Å²) in [6, 6.07) is 6.94. The molecule has 1 atom stereocenters. The summed E-state index contributed by atoms with van der Waals surface area (Å²) in [6.07, 6.45) is 4.16. The molecule has 3 rings (SSSR count). The molecule has 1 fully saturated rings. The third-order valence-electron chi connectivity index (χ3n) is 5.17. The number of carbonyl (C=O) groups is 3. The van der Waals surface area contributed by atoms with Gasteiger partial charge in [0.05, 0.1) is 0 Å². The summed E-state index contributed by atoms with van der Waals surface area (Å²) in [5.74, 6) is -0.447. The smallest absolute Gasteiger partial charge is 0.262 e. The molecule has 1 saturated heterocycles. The van der Waals surface area contributed by atoms with E-state index in [0.29, 0.717) is 11.3 Å². The molecule has 0 unspecified atom stereocenters. The quantitative estimate of drug-likeness (QED) is 0.684. The maximum absolute atomic E-state index is 12.6. The van der Waals surface area contributed by atoms with Crippen molar-refractivity contribution in [2.45, 2.75) is 51.2 Å². The molecule has 1 N–H and O–H groups in total. The normalized spacial score (nSPS) is 18.5. The molecule has 0 radical (unpaired) electrons. The van der Waals surface area contributed by atoms with E-state index in [0.717, 1.165) is 57.0 Å². The number of hydrogen-bond acceptors (Lipinski definition) is 5. The lowest BCUT2D eigenvalue weighted by molar-refractivity contribution is -0.121.